The van der Waals surface area contributed by atoms with Crippen LogP contribution in [0.5, 0.6) is 0 Å². The molecule has 0 atom stereocenters. The summed E-state index contributed by atoms with van der Waals surface area (Å²) in [7, 11) is 0. The number of esters is 1. The number of carbonyl (C=O) groups is 2. The third-order valence-corrected chi connectivity index (χ3v) is 3.29. The van der Waals surface area contributed by atoms with Gasteiger partial charge >= 0.3 is 11.9 Å². The number of anilines is 1. The van der Waals surface area contributed by atoms with Crippen LogP contribution in [0, 0.1) is 0 Å². The highest BCUT2D eigenvalue weighted by atomic mass is 16.5. The molecule has 1 saturated carbocycles. The fourth-order valence-corrected chi connectivity index (χ4v) is 2.41. The third kappa shape index (κ3) is 3.28. The van der Waals surface area contributed by atoms with E-state index in [1.54, 1.807) is 11.8 Å². The zero-order valence-electron chi connectivity index (χ0n) is 11.4. The van der Waals surface area contributed by atoms with Crippen LogP contribution in [-0.4, -0.2) is 41.2 Å². The number of oxazole rings is 1. The van der Waals surface area contributed by atoms with Gasteiger partial charge in [0.25, 0.3) is 6.01 Å². The summed E-state index contributed by atoms with van der Waals surface area (Å²) in [6.45, 7) is 1.77. The zero-order chi connectivity index (χ0) is 14.5. The summed E-state index contributed by atoms with van der Waals surface area (Å²) in [6, 6.07) is 0.266. The van der Waals surface area contributed by atoms with Crippen molar-refractivity contribution in [3.63, 3.8) is 0 Å². The minimum Gasteiger partial charge on any atom is -0.480 e. The van der Waals surface area contributed by atoms with E-state index in [-0.39, 0.29) is 30.9 Å². The Morgan fingerprint density at radius 3 is 2.80 bits per heavy atom. The molecule has 1 heterocycles. The first-order valence-electron chi connectivity index (χ1n) is 6.73. The van der Waals surface area contributed by atoms with E-state index >= 15 is 0 Å². The number of aliphatic carboxylic acids is 1. The maximum absolute atomic E-state index is 11.5. The molecule has 7 heteroatoms. The first-order chi connectivity index (χ1) is 9.61. The smallest absolute Gasteiger partial charge is 0.360 e. The number of aromatic nitrogens is 1. The van der Waals surface area contributed by atoms with Gasteiger partial charge in [-0.05, 0) is 19.8 Å². The van der Waals surface area contributed by atoms with Gasteiger partial charge in [0.15, 0.2) is 5.69 Å². The van der Waals surface area contributed by atoms with Crippen molar-refractivity contribution in [2.24, 2.45) is 0 Å². The molecule has 0 amide bonds. The maximum atomic E-state index is 11.5. The van der Waals surface area contributed by atoms with E-state index in [1.807, 2.05) is 0 Å². The molecule has 1 fully saturated rings. The predicted octanol–water partition coefficient (Wildman–Crippen LogP) is 1.68. The van der Waals surface area contributed by atoms with Crippen molar-refractivity contribution in [3.8, 4) is 0 Å². The number of rotatable bonds is 6. The Hall–Kier alpha value is -2.05. The summed E-state index contributed by atoms with van der Waals surface area (Å²) in [4.78, 5) is 28.2. The first kappa shape index (κ1) is 14.4. The number of carboxylic acids is 1. The van der Waals surface area contributed by atoms with Crippen LogP contribution in [0.1, 0.15) is 43.1 Å². The van der Waals surface area contributed by atoms with E-state index in [0.717, 1.165) is 25.7 Å². The minimum absolute atomic E-state index is 0.0650. The van der Waals surface area contributed by atoms with Gasteiger partial charge in [0.1, 0.15) is 12.8 Å². The van der Waals surface area contributed by atoms with Gasteiger partial charge in [-0.3, -0.25) is 4.79 Å². The molecule has 1 aromatic rings. The minimum atomic E-state index is -0.951. The molecule has 0 radical (unpaired) electrons. The van der Waals surface area contributed by atoms with Gasteiger partial charge in [-0.1, -0.05) is 12.8 Å². The van der Waals surface area contributed by atoms with Crippen LogP contribution in [0.25, 0.3) is 0 Å². The molecule has 0 aromatic carbocycles. The molecule has 0 aliphatic heterocycles. The second kappa shape index (κ2) is 6.40. The highest BCUT2D eigenvalue weighted by Crippen LogP contribution is 2.27. The average molecular weight is 282 g/mol. The summed E-state index contributed by atoms with van der Waals surface area (Å²) in [5.74, 6) is -1.52. The molecular formula is C13H18N2O5. The number of carbonyl (C=O) groups excluding carboxylic acids is 1. The highest BCUT2D eigenvalue weighted by molar-refractivity contribution is 5.87. The lowest BCUT2D eigenvalue weighted by Gasteiger charge is -2.25. The van der Waals surface area contributed by atoms with Gasteiger partial charge in [0, 0.05) is 6.04 Å². The molecule has 0 spiro atoms. The SMILES string of the molecule is CCOC(=O)c1coc(N(CC(=O)O)C2CCCC2)n1. The lowest BCUT2D eigenvalue weighted by atomic mass is 10.2. The lowest BCUT2D eigenvalue weighted by Crippen LogP contribution is -2.38. The monoisotopic (exact) mass is 282 g/mol. The summed E-state index contributed by atoms with van der Waals surface area (Å²) in [5.41, 5.74) is 0.0650. The molecule has 110 valence electrons. The second-order valence-corrected chi connectivity index (χ2v) is 4.70. The number of carboxylic acid groups (broad SMARTS) is 1. The zero-order valence-corrected chi connectivity index (χ0v) is 11.4. The van der Waals surface area contributed by atoms with Crippen LogP contribution < -0.4 is 4.90 Å². The Bertz CT molecular complexity index is 479. The van der Waals surface area contributed by atoms with Crippen molar-refractivity contribution in [1.82, 2.24) is 4.98 Å². The predicted molar refractivity (Wildman–Crippen MR) is 69.7 cm³/mol. The van der Waals surface area contributed by atoms with E-state index < -0.39 is 11.9 Å². The molecule has 20 heavy (non-hydrogen) atoms. The van der Waals surface area contributed by atoms with Gasteiger partial charge in [0.05, 0.1) is 6.61 Å². The Labute approximate surface area is 116 Å². The fourth-order valence-electron chi connectivity index (χ4n) is 2.41. The summed E-state index contributed by atoms with van der Waals surface area (Å²) < 4.78 is 10.1. The van der Waals surface area contributed by atoms with Gasteiger partial charge in [-0.15, -0.1) is 0 Å². The fraction of sp³-hybridized carbons (Fsp3) is 0.615. The Kier molecular flexibility index (Phi) is 4.60. The van der Waals surface area contributed by atoms with Crippen LogP contribution in [0.2, 0.25) is 0 Å². The topological polar surface area (TPSA) is 92.9 Å². The molecule has 0 bridgehead atoms. The van der Waals surface area contributed by atoms with Crippen LogP contribution in [0.4, 0.5) is 6.01 Å². The Morgan fingerprint density at radius 2 is 2.20 bits per heavy atom. The van der Waals surface area contributed by atoms with Crippen LogP contribution >= 0.6 is 0 Å². The van der Waals surface area contributed by atoms with E-state index in [9.17, 15) is 9.59 Å². The van der Waals surface area contributed by atoms with Gasteiger partial charge in [-0.25, -0.2) is 4.79 Å². The van der Waals surface area contributed by atoms with E-state index in [4.69, 9.17) is 14.3 Å². The van der Waals surface area contributed by atoms with E-state index in [0.29, 0.717) is 0 Å². The standard InChI is InChI=1S/C13H18N2O5/c1-2-19-12(18)10-8-20-13(14-10)15(7-11(16)17)9-5-3-4-6-9/h8-9H,2-7H2,1H3,(H,16,17). The van der Waals surface area contributed by atoms with Crippen molar-refractivity contribution in [3.05, 3.63) is 12.0 Å². The van der Waals surface area contributed by atoms with Gasteiger partial charge < -0.3 is 19.2 Å². The van der Waals surface area contributed by atoms with Crippen molar-refractivity contribution < 1.29 is 23.8 Å². The van der Waals surface area contributed by atoms with Crippen LogP contribution in [-0.2, 0) is 9.53 Å². The van der Waals surface area contributed by atoms with Gasteiger partial charge in [0.2, 0.25) is 0 Å². The normalized spacial score (nSPS) is 15.2. The van der Waals surface area contributed by atoms with Crippen molar-refractivity contribution >= 4 is 18.0 Å². The number of ether oxygens (including phenoxy) is 1. The molecule has 1 aliphatic carbocycles. The quantitative estimate of drug-likeness (QED) is 0.793. The summed E-state index contributed by atoms with van der Waals surface area (Å²) in [5, 5.41) is 9.00. The van der Waals surface area contributed by atoms with Crippen molar-refractivity contribution in [2.45, 2.75) is 38.6 Å². The third-order valence-electron chi connectivity index (χ3n) is 3.29. The average Bonchev–Trinajstić information content (AvgIpc) is 3.08. The summed E-state index contributed by atoms with van der Waals surface area (Å²) in [6.07, 6.45) is 5.14. The molecular weight excluding hydrogens is 264 g/mol. The highest BCUT2D eigenvalue weighted by Gasteiger charge is 2.28. The molecule has 7 nitrogen and oxygen atoms in total. The number of hydrogen-bond donors (Lipinski definition) is 1. The molecule has 2 rings (SSSR count). The maximum Gasteiger partial charge on any atom is 0.360 e. The Balaban J connectivity index is 2.15. The van der Waals surface area contributed by atoms with Crippen molar-refractivity contribution in [1.29, 1.82) is 0 Å². The number of hydrogen-bond acceptors (Lipinski definition) is 6. The van der Waals surface area contributed by atoms with Crippen LogP contribution in [0.15, 0.2) is 10.7 Å². The lowest BCUT2D eigenvalue weighted by molar-refractivity contribution is -0.135. The molecule has 0 saturated heterocycles. The first-order valence-corrected chi connectivity index (χ1v) is 6.73. The van der Waals surface area contributed by atoms with E-state index in [1.165, 1.54) is 6.26 Å². The van der Waals surface area contributed by atoms with E-state index in [2.05, 4.69) is 4.98 Å². The van der Waals surface area contributed by atoms with Crippen molar-refractivity contribution in [2.75, 3.05) is 18.1 Å². The van der Waals surface area contributed by atoms with Crippen LogP contribution in [0.3, 0.4) is 0 Å². The number of nitrogens with zero attached hydrogens (tertiary/aromatic N) is 2. The second-order valence-electron chi connectivity index (χ2n) is 4.70. The summed E-state index contributed by atoms with van der Waals surface area (Å²) >= 11 is 0. The van der Waals surface area contributed by atoms with Gasteiger partial charge in [-0.2, -0.15) is 4.98 Å². The largest absolute Gasteiger partial charge is 0.480 e. The molecule has 0 unspecified atom stereocenters. The molecule has 1 aliphatic rings. The Morgan fingerprint density at radius 1 is 1.50 bits per heavy atom. The molecule has 1 N–H and O–H groups in total. The molecule has 1 aromatic heterocycles.